The van der Waals surface area contributed by atoms with Gasteiger partial charge in [0.1, 0.15) is 0 Å². The molecule has 2 fully saturated rings. The van der Waals surface area contributed by atoms with Crippen molar-refractivity contribution in [3.8, 4) is 0 Å². The molecule has 2 aliphatic carbocycles. The third-order valence-electron chi connectivity index (χ3n) is 4.22. The number of rotatable bonds is 0. The monoisotopic (exact) mass is 166 g/mol. The van der Waals surface area contributed by atoms with Crippen LogP contribution in [0.25, 0.3) is 0 Å². The Bertz CT molecular complexity index is 151. The fourth-order valence-electron chi connectivity index (χ4n) is 3.27. The van der Waals surface area contributed by atoms with E-state index < -0.39 is 0 Å². The minimum Gasteiger partial charge on any atom is -0.0599 e. The van der Waals surface area contributed by atoms with Crippen molar-refractivity contribution in [1.82, 2.24) is 0 Å². The van der Waals surface area contributed by atoms with Crippen molar-refractivity contribution < 1.29 is 0 Å². The molecule has 0 N–H and O–H groups in total. The second-order valence-electron chi connectivity index (χ2n) is 5.99. The molecule has 0 aromatic rings. The molecule has 12 heavy (non-hydrogen) atoms. The molecule has 2 saturated carbocycles. The van der Waals surface area contributed by atoms with Crippen LogP contribution in [0.3, 0.4) is 0 Å². The van der Waals surface area contributed by atoms with E-state index in [0.717, 1.165) is 17.8 Å². The standard InChI is InChI=1S/C12H22/c1-12(2,3)11-7-9-5-4-6-10(9)8-11/h9-11H,4-8H2,1-3H3/t9-,10+,11?. The van der Waals surface area contributed by atoms with E-state index >= 15 is 0 Å². The van der Waals surface area contributed by atoms with Crippen LogP contribution in [0.1, 0.15) is 52.9 Å². The molecule has 2 rings (SSSR count). The summed E-state index contributed by atoms with van der Waals surface area (Å²) in [6.07, 6.45) is 7.67. The van der Waals surface area contributed by atoms with E-state index in [4.69, 9.17) is 0 Å². The Morgan fingerprint density at radius 2 is 1.42 bits per heavy atom. The van der Waals surface area contributed by atoms with E-state index in [0.29, 0.717) is 5.41 Å². The molecule has 0 saturated heterocycles. The molecule has 1 unspecified atom stereocenters. The van der Waals surface area contributed by atoms with Crippen LogP contribution in [0.5, 0.6) is 0 Å². The molecule has 0 aromatic heterocycles. The summed E-state index contributed by atoms with van der Waals surface area (Å²) in [5.41, 5.74) is 0.574. The van der Waals surface area contributed by atoms with Gasteiger partial charge >= 0.3 is 0 Å². The van der Waals surface area contributed by atoms with E-state index in [-0.39, 0.29) is 0 Å². The molecule has 0 aliphatic heterocycles. The van der Waals surface area contributed by atoms with Crippen LogP contribution in [0.15, 0.2) is 0 Å². The van der Waals surface area contributed by atoms with Crippen LogP contribution in [-0.4, -0.2) is 0 Å². The minimum absolute atomic E-state index is 0.574. The second kappa shape index (κ2) is 2.75. The summed E-state index contributed by atoms with van der Waals surface area (Å²) in [6, 6.07) is 0. The molecule has 0 spiro atoms. The van der Waals surface area contributed by atoms with E-state index in [1.807, 2.05) is 0 Å². The largest absolute Gasteiger partial charge is 0.0599 e. The molecule has 0 amide bonds. The van der Waals surface area contributed by atoms with E-state index in [1.54, 1.807) is 0 Å². The molecule has 0 aromatic carbocycles. The zero-order valence-corrected chi connectivity index (χ0v) is 8.77. The normalized spacial score (nSPS) is 41.8. The van der Waals surface area contributed by atoms with Gasteiger partial charge in [-0.15, -0.1) is 0 Å². The summed E-state index contributed by atoms with van der Waals surface area (Å²) < 4.78 is 0. The number of hydrogen-bond acceptors (Lipinski definition) is 0. The maximum atomic E-state index is 2.42. The van der Waals surface area contributed by atoms with Gasteiger partial charge < -0.3 is 0 Å². The molecular formula is C12H22. The Kier molecular flexibility index (Phi) is 1.97. The van der Waals surface area contributed by atoms with Gasteiger partial charge in [-0.3, -0.25) is 0 Å². The maximum Gasteiger partial charge on any atom is -0.0354 e. The summed E-state index contributed by atoms with van der Waals surface area (Å²) in [5, 5.41) is 0. The van der Waals surface area contributed by atoms with Crippen molar-refractivity contribution in [2.75, 3.05) is 0 Å². The van der Waals surface area contributed by atoms with Gasteiger partial charge in [-0.2, -0.15) is 0 Å². The zero-order valence-electron chi connectivity index (χ0n) is 8.77. The van der Waals surface area contributed by atoms with Crippen LogP contribution in [0.2, 0.25) is 0 Å². The molecular weight excluding hydrogens is 144 g/mol. The minimum atomic E-state index is 0.574. The van der Waals surface area contributed by atoms with E-state index in [1.165, 1.54) is 32.1 Å². The third kappa shape index (κ3) is 1.41. The summed E-state index contributed by atoms with van der Waals surface area (Å²) in [7, 11) is 0. The van der Waals surface area contributed by atoms with Crippen LogP contribution in [-0.2, 0) is 0 Å². The van der Waals surface area contributed by atoms with Crippen LogP contribution in [0.4, 0.5) is 0 Å². The molecule has 0 nitrogen and oxygen atoms in total. The highest BCUT2D eigenvalue weighted by Gasteiger charge is 2.41. The first kappa shape index (κ1) is 8.59. The van der Waals surface area contributed by atoms with Gasteiger partial charge in [-0.25, -0.2) is 0 Å². The van der Waals surface area contributed by atoms with Gasteiger partial charge in [0.05, 0.1) is 0 Å². The highest BCUT2D eigenvalue weighted by atomic mass is 14.5. The molecule has 0 bridgehead atoms. The SMILES string of the molecule is CC(C)(C)C1C[C@H]2CCC[C@H]2C1. The summed E-state index contributed by atoms with van der Waals surface area (Å²) in [6.45, 7) is 7.25. The summed E-state index contributed by atoms with van der Waals surface area (Å²) in [4.78, 5) is 0. The van der Waals surface area contributed by atoms with E-state index in [9.17, 15) is 0 Å². The topological polar surface area (TPSA) is 0 Å². The van der Waals surface area contributed by atoms with Gasteiger partial charge in [0.15, 0.2) is 0 Å². The lowest BCUT2D eigenvalue weighted by Gasteiger charge is -2.27. The third-order valence-corrected chi connectivity index (χ3v) is 4.22. The lowest BCUT2D eigenvalue weighted by atomic mass is 9.78. The average molecular weight is 166 g/mol. The Morgan fingerprint density at radius 1 is 0.917 bits per heavy atom. The number of fused-ring (bicyclic) bond motifs is 1. The molecule has 0 heterocycles. The molecule has 0 radical (unpaired) electrons. The van der Waals surface area contributed by atoms with Crippen molar-refractivity contribution in [2.45, 2.75) is 52.9 Å². The number of hydrogen-bond donors (Lipinski definition) is 0. The fraction of sp³-hybridized carbons (Fsp3) is 1.00. The average Bonchev–Trinajstić information content (AvgIpc) is 2.37. The molecule has 70 valence electrons. The first-order valence-electron chi connectivity index (χ1n) is 5.57. The Morgan fingerprint density at radius 3 is 1.83 bits per heavy atom. The molecule has 0 heteroatoms. The molecule has 3 atom stereocenters. The summed E-state index contributed by atoms with van der Waals surface area (Å²) in [5.74, 6) is 3.26. The van der Waals surface area contributed by atoms with Gasteiger partial charge in [-0.1, -0.05) is 40.0 Å². The van der Waals surface area contributed by atoms with Gasteiger partial charge in [-0.05, 0) is 36.0 Å². The highest BCUT2D eigenvalue weighted by Crippen LogP contribution is 2.51. The van der Waals surface area contributed by atoms with Gasteiger partial charge in [0, 0.05) is 0 Å². The van der Waals surface area contributed by atoms with Crippen molar-refractivity contribution in [3.63, 3.8) is 0 Å². The fourth-order valence-corrected chi connectivity index (χ4v) is 3.27. The Hall–Kier alpha value is 0. The second-order valence-corrected chi connectivity index (χ2v) is 5.99. The lowest BCUT2D eigenvalue weighted by molar-refractivity contribution is 0.232. The van der Waals surface area contributed by atoms with Crippen molar-refractivity contribution in [3.05, 3.63) is 0 Å². The predicted octanol–water partition coefficient (Wildman–Crippen LogP) is 3.86. The zero-order chi connectivity index (χ0) is 8.77. The van der Waals surface area contributed by atoms with Gasteiger partial charge in [0.25, 0.3) is 0 Å². The predicted molar refractivity (Wildman–Crippen MR) is 53.0 cm³/mol. The van der Waals surface area contributed by atoms with Crippen LogP contribution in [0, 0.1) is 23.2 Å². The van der Waals surface area contributed by atoms with Crippen LogP contribution >= 0.6 is 0 Å². The van der Waals surface area contributed by atoms with Crippen molar-refractivity contribution in [2.24, 2.45) is 23.2 Å². The summed E-state index contributed by atoms with van der Waals surface area (Å²) >= 11 is 0. The lowest BCUT2D eigenvalue weighted by Crippen LogP contribution is -2.17. The van der Waals surface area contributed by atoms with E-state index in [2.05, 4.69) is 20.8 Å². The maximum absolute atomic E-state index is 2.42. The molecule has 2 aliphatic rings. The first-order valence-corrected chi connectivity index (χ1v) is 5.57. The Balaban J connectivity index is 1.99. The van der Waals surface area contributed by atoms with Crippen molar-refractivity contribution in [1.29, 1.82) is 0 Å². The van der Waals surface area contributed by atoms with Crippen molar-refractivity contribution >= 4 is 0 Å². The van der Waals surface area contributed by atoms with Crippen LogP contribution < -0.4 is 0 Å². The smallest absolute Gasteiger partial charge is 0.0354 e. The first-order chi connectivity index (χ1) is 5.57. The quantitative estimate of drug-likeness (QED) is 0.512. The van der Waals surface area contributed by atoms with Gasteiger partial charge in [0.2, 0.25) is 0 Å². The highest BCUT2D eigenvalue weighted by molar-refractivity contribution is 4.91. The Labute approximate surface area is 76.7 Å².